The highest BCUT2D eigenvalue weighted by Crippen LogP contribution is 2.57. The summed E-state index contributed by atoms with van der Waals surface area (Å²) in [6.45, 7) is 7.14. The van der Waals surface area contributed by atoms with E-state index in [4.69, 9.17) is 9.72 Å². The normalized spacial score (nSPS) is 28.3. The Morgan fingerprint density at radius 3 is 2.57 bits per heavy atom. The molecule has 4 nitrogen and oxygen atoms in total. The van der Waals surface area contributed by atoms with Crippen LogP contribution >= 0.6 is 0 Å². The molecule has 1 aromatic heterocycles. The number of rotatable bonds is 2. The number of hydrogen-bond acceptors (Lipinski definition) is 4. The van der Waals surface area contributed by atoms with Crippen molar-refractivity contribution in [1.29, 1.82) is 0 Å². The summed E-state index contributed by atoms with van der Waals surface area (Å²) in [4.78, 5) is 11.7. The Labute approximate surface area is 126 Å². The van der Waals surface area contributed by atoms with E-state index in [1.54, 1.807) is 0 Å². The van der Waals surface area contributed by atoms with Crippen molar-refractivity contribution >= 4 is 5.82 Å². The summed E-state index contributed by atoms with van der Waals surface area (Å²) in [5, 5.41) is 0. The van der Waals surface area contributed by atoms with Gasteiger partial charge in [-0.3, -0.25) is 0 Å². The molecule has 0 bridgehead atoms. The van der Waals surface area contributed by atoms with E-state index >= 15 is 0 Å². The molecular formula is C17H25N3O. The van der Waals surface area contributed by atoms with Gasteiger partial charge in [-0.15, -0.1) is 0 Å². The van der Waals surface area contributed by atoms with Gasteiger partial charge in [-0.05, 0) is 45.4 Å². The van der Waals surface area contributed by atoms with Crippen LogP contribution in [0.25, 0.3) is 0 Å². The molecular weight excluding hydrogens is 262 g/mol. The van der Waals surface area contributed by atoms with E-state index < -0.39 is 0 Å². The lowest BCUT2D eigenvalue weighted by Crippen LogP contribution is -2.70. The second kappa shape index (κ2) is 4.94. The van der Waals surface area contributed by atoms with Crippen molar-refractivity contribution in [2.75, 3.05) is 24.7 Å². The first kappa shape index (κ1) is 13.5. The second-order valence-electron chi connectivity index (χ2n) is 7.15. The third-order valence-electron chi connectivity index (χ3n) is 5.76. The fourth-order valence-electron chi connectivity index (χ4n) is 4.69. The maximum absolute atomic E-state index is 5.57. The summed E-state index contributed by atoms with van der Waals surface area (Å²) in [6.07, 6.45) is 6.66. The van der Waals surface area contributed by atoms with Crippen LogP contribution in [0.15, 0.2) is 6.07 Å². The summed E-state index contributed by atoms with van der Waals surface area (Å²) in [7, 11) is 0. The van der Waals surface area contributed by atoms with Crippen LogP contribution in [0.5, 0.6) is 0 Å². The molecule has 1 aliphatic carbocycles. The number of aromatic nitrogens is 2. The van der Waals surface area contributed by atoms with E-state index in [0.717, 1.165) is 36.5 Å². The molecule has 21 heavy (non-hydrogen) atoms. The van der Waals surface area contributed by atoms with Gasteiger partial charge in [0.25, 0.3) is 0 Å². The van der Waals surface area contributed by atoms with Crippen molar-refractivity contribution in [2.45, 2.75) is 52.0 Å². The molecule has 0 radical (unpaired) electrons. The first-order valence-electron chi connectivity index (χ1n) is 8.35. The van der Waals surface area contributed by atoms with Gasteiger partial charge >= 0.3 is 0 Å². The van der Waals surface area contributed by atoms with Gasteiger partial charge in [0.1, 0.15) is 11.6 Å². The Balaban J connectivity index is 1.62. The number of ether oxygens (including phenoxy) is 1. The molecule has 4 rings (SSSR count). The SMILES string of the molecule is Cc1cc(N2CC3(CCC3)[C@H]2C2CCOCC2)nc(C)n1. The van der Waals surface area contributed by atoms with Crippen molar-refractivity contribution in [1.82, 2.24) is 9.97 Å². The van der Waals surface area contributed by atoms with Gasteiger partial charge in [-0.1, -0.05) is 6.42 Å². The summed E-state index contributed by atoms with van der Waals surface area (Å²) in [5.74, 6) is 2.82. The Morgan fingerprint density at radius 2 is 1.95 bits per heavy atom. The van der Waals surface area contributed by atoms with Crippen LogP contribution in [0.3, 0.4) is 0 Å². The number of aryl methyl sites for hydroxylation is 2. The van der Waals surface area contributed by atoms with Crippen LogP contribution in [0.1, 0.15) is 43.6 Å². The van der Waals surface area contributed by atoms with E-state index in [2.05, 4.69) is 22.9 Å². The van der Waals surface area contributed by atoms with E-state index in [1.165, 1.54) is 38.6 Å². The minimum absolute atomic E-state index is 0.592. The third-order valence-corrected chi connectivity index (χ3v) is 5.76. The highest BCUT2D eigenvalue weighted by atomic mass is 16.5. The molecule has 1 aromatic rings. The van der Waals surface area contributed by atoms with Crippen LogP contribution in [0, 0.1) is 25.2 Å². The quantitative estimate of drug-likeness (QED) is 0.838. The molecule has 1 spiro atoms. The summed E-state index contributed by atoms with van der Waals surface area (Å²) < 4.78 is 5.57. The predicted octanol–water partition coefficient (Wildman–Crippen LogP) is 2.88. The van der Waals surface area contributed by atoms with E-state index in [0.29, 0.717) is 11.5 Å². The topological polar surface area (TPSA) is 38.2 Å². The molecule has 3 heterocycles. The van der Waals surface area contributed by atoms with E-state index in [9.17, 15) is 0 Å². The smallest absolute Gasteiger partial charge is 0.132 e. The summed E-state index contributed by atoms with van der Waals surface area (Å²) in [5.41, 5.74) is 1.67. The minimum atomic E-state index is 0.592. The molecule has 3 fully saturated rings. The first-order valence-corrected chi connectivity index (χ1v) is 8.35. The Morgan fingerprint density at radius 1 is 1.19 bits per heavy atom. The molecule has 2 saturated heterocycles. The average Bonchev–Trinajstić information content (AvgIpc) is 2.36. The van der Waals surface area contributed by atoms with Gasteiger partial charge in [-0.2, -0.15) is 0 Å². The lowest BCUT2D eigenvalue weighted by Gasteiger charge is -2.65. The van der Waals surface area contributed by atoms with Gasteiger partial charge in [0.05, 0.1) is 0 Å². The summed E-state index contributed by atoms with van der Waals surface area (Å²) >= 11 is 0. The van der Waals surface area contributed by atoms with Crippen molar-refractivity contribution in [2.24, 2.45) is 11.3 Å². The third kappa shape index (κ3) is 2.15. The molecule has 0 aromatic carbocycles. The maximum atomic E-state index is 5.57. The zero-order chi connectivity index (χ0) is 14.4. The fraction of sp³-hybridized carbons (Fsp3) is 0.765. The molecule has 4 heteroatoms. The van der Waals surface area contributed by atoms with Crippen LogP contribution in [0.2, 0.25) is 0 Å². The van der Waals surface area contributed by atoms with Crippen molar-refractivity contribution in [3.63, 3.8) is 0 Å². The Bertz CT molecular complexity index is 515. The molecule has 0 unspecified atom stereocenters. The van der Waals surface area contributed by atoms with E-state index in [1.807, 2.05) is 6.92 Å². The maximum Gasteiger partial charge on any atom is 0.132 e. The molecule has 3 aliphatic rings. The van der Waals surface area contributed by atoms with Gasteiger partial charge in [0.15, 0.2) is 0 Å². The molecule has 1 saturated carbocycles. The number of anilines is 1. The number of nitrogens with zero attached hydrogens (tertiary/aromatic N) is 3. The summed E-state index contributed by atoms with van der Waals surface area (Å²) in [6, 6.07) is 2.84. The molecule has 0 amide bonds. The lowest BCUT2D eigenvalue weighted by molar-refractivity contribution is -0.0370. The second-order valence-corrected chi connectivity index (χ2v) is 7.15. The predicted molar refractivity (Wildman–Crippen MR) is 82.5 cm³/mol. The standard InChI is InChI=1S/C17H25N3O/c1-12-10-15(19-13(2)18-12)20-11-17(6-3-7-17)16(20)14-4-8-21-9-5-14/h10,14,16H,3-9,11H2,1-2H3/t16-/m1/s1. The monoisotopic (exact) mass is 287 g/mol. The van der Waals surface area contributed by atoms with Crippen molar-refractivity contribution in [3.8, 4) is 0 Å². The Kier molecular flexibility index (Phi) is 3.18. The average molecular weight is 287 g/mol. The molecule has 1 atom stereocenters. The highest BCUT2D eigenvalue weighted by Gasteiger charge is 2.58. The van der Waals surface area contributed by atoms with Gasteiger partial charge in [0, 0.05) is 43.0 Å². The zero-order valence-electron chi connectivity index (χ0n) is 13.1. The van der Waals surface area contributed by atoms with E-state index in [-0.39, 0.29) is 0 Å². The first-order chi connectivity index (χ1) is 10.2. The fourth-order valence-corrected chi connectivity index (χ4v) is 4.69. The molecule has 2 aliphatic heterocycles. The van der Waals surface area contributed by atoms with Crippen molar-refractivity contribution in [3.05, 3.63) is 17.6 Å². The highest BCUT2D eigenvalue weighted by molar-refractivity contribution is 5.48. The van der Waals surface area contributed by atoms with Crippen LogP contribution in [-0.4, -0.2) is 35.8 Å². The van der Waals surface area contributed by atoms with Crippen molar-refractivity contribution < 1.29 is 4.74 Å². The molecule has 0 N–H and O–H groups in total. The largest absolute Gasteiger partial charge is 0.381 e. The van der Waals surface area contributed by atoms with Crippen LogP contribution in [-0.2, 0) is 4.74 Å². The van der Waals surface area contributed by atoms with Crippen LogP contribution in [0.4, 0.5) is 5.82 Å². The van der Waals surface area contributed by atoms with Crippen LogP contribution < -0.4 is 4.90 Å². The van der Waals surface area contributed by atoms with Gasteiger partial charge in [-0.25, -0.2) is 9.97 Å². The van der Waals surface area contributed by atoms with Gasteiger partial charge in [0.2, 0.25) is 0 Å². The number of hydrogen-bond donors (Lipinski definition) is 0. The lowest BCUT2D eigenvalue weighted by atomic mass is 9.54. The molecule has 114 valence electrons. The zero-order valence-corrected chi connectivity index (χ0v) is 13.1. The van der Waals surface area contributed by atoms with Gasteiger partial charge < -0.3 is 9.64 Å². The Hall–Kier alpha value is -1.16. The minimum Gasteiger partial charge on any atom is -0.381 e.